The molecular formula is C27H38ClN3O6S. The molecule has 0 fully saturated rings. The molecule has 1 unspecified atom stereocenters. The summed E-state index contributed by atoms with van der Waals surface area (Å²) in [6.45, 7) is 8.39. The predicted molar refractivity (Wildman–Crippen MR) is 147 cm³/mol. The lowest BCUT2D eigenvalue weighted by Crippen LogP contribution is -2.54. The molecule has 0 radical (unpaired) electrons. The summed E-state index contributed by atoms with van der Waals surface area (Å²) in [6, 6.07) is 13.9. The largest absolute Gasteiger partial charge is 0.351 e. The number of halogens is 1. The molecule has 0 saturated carbocycles. The van der Waals surface area contributed by atoms with E-state index in [-0.39, 0.29) is 42.8 Å². The topological polar surface area (TPSA) is 114 Å². The quantitative estimate of drug-likeness (QED) is 0.301. The van der Waals surface area contributed by atoms with Gasteiger partial charge in [-0.1, -0.05) is 41.9 Å². The summed E-state index contributed by atoms with van der Waals surface area (Å²) < 4.78 is 38.6. The molecule has 0 aromatic heterocycles. The monoisotopic (exact) mass is 567 g/mol. The molecular weight excluding hydrogens is 530 g/mol. The van der Waals surface area contributed by atoms with Gasteiger partial charge in [-0.25, -0.2) is 13.1 Å². The molecule has 2 aromatic rings. The SMILES string of the molecule is CCOC(CN(C(=O)C(Cc1ccc(Cl)cc1)NC(=O)CCNS(=O)(=O)c1ccccc1)C(C)C)OCC. The number of hydrogen-bond acceptors (Lipinski definition) is 6. The minimum Gasteiger partial charge on any atom is -0.351 e. The van der Waals surface area contributed by atoms with Crippen LogP contribution in [0.1, 0.15) is 39.7 Å². The number of amides is 2. The third-order valence-electron chi connectivity index (χ3n) is 5.64. The Hall–Kier alpha value is -2.50. The van der Waals surface area contributed by atoms with Crippen LogP contribution in [0.2, 0.25) is 5.02 Å². The van der Waals surface area contributed by atoms with Crippen LogP contribution < -0.4 is 10.0 Å². The van der Waals surface area contributed by atoms with Crippen molar-refractivity contribution in [1.29, 1.82) is 0 Å². The van der Waals surface area contributed by atoms with Crippen LogP contribution in [0.15, 0.2) is 59.5 Å². The fourth-order valence-electron chi connectivity index (χ4n) is 3.75. The van der Waals surface area contributed by atoms with Crippen LogP contribution in [0.4, 0.5) is 0 Å². The summed E-state index contributed by atoms with van der Waals surface area (Å²) in [5.41, 5.74) is 0.813. The van der Waals surface area contributed by atoms with Gasteiger partial charge in [0.05, 0.1) is 11.4 Å². The molecule has 210 valence electrons. The molecule has 0 bridgehead atoms. The van der Waals surface area contributed by atoms with Gasteiger partial charge in [0.25, 0.3) is 0 Å². The van der Waals surface area contributed by atoms with E-state index in [0.717, 1.165) is 5.56 Å². The first-order valence-electron chi connectivity index (χ1n) is 12.7. The van der Waals surface area contributed by atoms with Crippen molar-refractivity contribution in [2.75, 3.05) is 26.3 Å². The van der Waals surface area contributed by atoms with E-state index in [9.17, 15) is 18.0 Å². The number of rotatable bonds is 16. The van der Waals surface area contributed by atoms with Crippen molar-refractivity contribution >= 4 is 33.4 Å². The Kier molecular flexibility index (Phi) is 13.2. The molecule has 0 spiro atoms. The highest BCUT2D eigenvalue weighted by Gasteiger charge is 2.30. The van der Waals surface area contributed by atoms with E-state index in [1.807, 2.05) is 27.7 Å². The summed E-state index contributed by atoms with van der Waals surface area (Å²) in [6.07, 6.45) is -0.511. The maximum atomic E-state index is 13.7. The van der Waals surface area contributed by atoms with Crippen molar-refractivity contribution in [1.82, 2.24) is 14.9 Å². The van der Waals surface area contributed by atoms with E-state index in [0.29, 0.717) is 18.2 Å². The second-order valence-electron chi connectivity index (χ2n) is 8.84. The van der Waals surface area contributed by atoms with E-state index in [1.165, 1.54) is 12.1 Å². The smallest absolute Gasteiger partial charge is 0.245 e. The van der Waals surface area contributed by atoms with Crippen LogP contribution >= 0.6 is 11.6 Å². The second-order valence-corrected chi connectivity index (χ2v) is 11.0. The van der Waals surface area contributed by atoms with Crippen molar-refractivity contribution in [3.63, 3.8) is 0 Å². The van der Waals surface area contributed by atoms with Crippen molar-refractivity contribution in [2.24, 2.45) is 0 Å². The number of nitrogens with one attached hydrogen (secondary N) is 2. The highest BCUT2D eigenvalue weighted by molar-refractivity contribution is 7.89. The maximum Gasteiger partial charge on any atom is 0.245 e. The van der Waals surface area contributed by atoms with Gasteiger partial charge in [-0.2, -0.15) is 0 Å². The van der Waals surface area contributed by atoms with Crippen molar-refractivity contribution in [2.45, 2.75) is 63.8 Å². The molecule has 11 heteroatoms. The van der Waals surface area contributed by atoms with Crippen LogP contribution in [-0.4, -0.2) is 69.8 Å². The standard InChI is InChI=1S/C27H38ClN3O6S/c1-5-36-26(37-6-2)19-31(20(3)4)27(33)24(18-21-12-14-22(28)15-13-21)30-25(32)16-17-29-38(34,35)23-10-8-7-9-11-23/h7-15,20,24,26,29H,5-6,16-19H2,1-4H3,(H,30,32). The Balaban J connectivity index is 2.15. The lowest BCUT2D eigenvalue weighted by atomic mass is 10.0. The molecule has 0 aliphatic rings. The minimum atomic E-state index is -3.75. The van der Waals surface area contributed by atoms with Gasteiger partial charge in [0.15, 0.2) is 6.29 Å². The molecule has 2 amide bonds. The van der Waals surface area contributed by atoms with E-state index in [4.69, 9.17) is 21.1 Å². The number of benzene rings is 2. The number of carbonyl (C=O) groups excluding carboxylic acids is 2. The van der Waals surface area contributed by atoms with Gasteiger partial charge in [0, 0.05) is 43.7 Å². The minimum absolute atomic E-state index is 0.113. The van der Waals surface area contributed by atoms with Gasteiger partial charge >= 0.3 is 0 Å². The van der Waals surface area contributed by atoms with Gasteiger partial charge in [-0.15, -0.1) is 0 Å². The zero-order chi connectivity index (χ0) is 28.1. The first-order chi connectivity index (χ1) is 18.1. The van der Waals surface area contributed by atoms with Gasteiger partial charge in [-0.3, -0.25) is 9.59 Å². The molecule has 2 N–H and O–H groups in total. The Morgan fingerprint density at radius 1 is 0.974 bits per heavy atom. The zero-order valence-electron chi connectivity index (χ0n) is 22.4. The Morgan fingerprint density at radius 2 is 1.58 bits per heavy atom. The molecule has 38 heavy (non-hydrogen) atoms. The molecule has 2 rings (SSSR count). The molecule has 1 atom stereocenters. The van der Waals surface area contributed by atoms with E-state index < -0.39 is 28.3 Å². The number of ether oxygens (including phenoxy) is 2. The lowest BCUT2D eigenvalue weighted by molar-refractivity contribution is -0.163. The summed E-state index contributed by atoms with van der Waals surface area (Å²) in [7, 11) is -3.75. The van der Waals surface area contributed by atoms with Crippen molar-refractivity contribution in [3.05, 3.63) is 65.2 Å². The van der Waals surface area contributed by atoms with E-state index >= 15 is 0 Å². The third kappa shape index (κ3) is 10.3. The van der Waals surface area contributed by atoms with Crippen LogP contribution in [0.5, 0.6) is 0 Å². The van der Waals surface area contributed by atoms with E-state index in [1.54, 1.807) is 47.4 Å². The van der Waals surface area contributed by atoms with Crippen LogP contribution in [0, 0.1) is 0 Å². The van der Waals surface area contributed by atoms with Gasteiger partial charge in [0.1, 0.15) is 6.04 Å². The van der Waals surface area contributed by atoms with Gasteiger partial charge in [0.2, 0.25) is 21.8 Å². The molecule has 9 nitrogen and oxygen atoms in total. The summed E-state index contributed by atoms with van der Waals surface area (Å²) >= 11 is 6.01. The summed E-state index contributed by atoms with van der Waals surface area (Å²) in [5, 5.41) is 3.36. The molecule has 0 aliphatic heterocycles. The maximum absolute atomic E-state index is 13.7. The fourth-order valence-corrected chi connectivity index (χ4v) is 4.92. The molecule has 0 saturated heterocycles. The van der Waals surface area contributed by atoms with Crippen LogP contribution in [-0.2, 0) is 35.5 Å². The van der Waals surface area contributed by atoms with Crippen LogP contribution in [0.25, 0.3) is 0 Å². The summed E-state index contributed by atoms with van der Waals surface area (Å²) in [4.78, 5) is 28.3. The van der Waals surface area contributed by atoms with Gasteiger partial charge < -0.3 is 19.7 Å². The highest BCUT2D eigenvalue weighted by atomic mass is 35.5. The first-order valence-corrected chi connectivity index (χ1v) is 14.6. The number of sulfonamides is 1. The number of nitrogens with zero attached hydrogens (tertiary/aromatic N) is 1. The third-order valence-corrected chi connectivity index (χ3v) is 7.37. The molecule has 0 aliphatic carbocycles. The molecule has 0 heterocycles. The first kappa shape index (κ1) is 31.7. The predicted octanol–water partition coefficient (Wildman–Crippen LogP) is 3.37. The normalized spacial score (nSPS) is 12.5. The fraction of sp³-hybridized carbons (Fsp3) is 0.481. The Labute approximate surface area is 230 Å². The second kappa shape index (κ2) is 15.8. The summed E-state index contributed by atoms with van der Waals surface area (Å²) in [5.74, 6) is -0.750. The zero-order valence-corrected chi connectivity index (χ0v) is 23.9. The molecule has 2 aromatic carbocycles. The Morgan fingerprint density at radius 3 is 2.13 bits per heavy atom. The van der Waals surface area contributed by atoms with Gasteiger partial charge in [-0.05, 0) is 57.5 Å². The number of hydrogen-bond donors (Lipinski definition) is 2. The number of carbonyl (C=O) groups is 2. The Bertz CT molecular complexity index is 1110. The van der Waals surface area contributed by atoms with Crippen molar-refractivity contribution < 1.29 is 27.5 Å². The lowest BCUT2D eigenvalue weighted by Gasteiger charge is -2.33. The van der Waals surface area contributed by atoms with Crippen LogP contribution in [0.3, 0.4) is 0 Å². The average molecular weight is 568 g/mol. The highest BCUT2D eigenvalue weighted by Crippen LogP contribution is 2.15. The van der Waals surface area contributed by atoms with Crippen molar-refractivity contribution in [3.8, 4) is 0 Å². The van der Waals surface area contributed by atoms with E-state index in [2.05, 4.69) is 10.0 Å². The average Bonchev–Trinajstić information content (AvgIpc) is 2.88.